The molecular formula is C70H136O17P2. The minimum atomic E-state index is -4.95. The molecule has 0 aliphatic heterocycles. The van der Waals surface area contributed by atoms with E-state index in [0.717, 1.165) is 108 Å². The summed E-state index contributed by atoms with van der Waals surface area (Å²) < 4.78 is 68.2. The predicted molar refractivity (Wildman–Crippen MR) is 358 cm³/mol. The quantitative estimate of drug-likeness (QED) is 0.0222. The van der Waals surface area contributed by atoms with Crippen LogP contribution in [0.5, 0.6) is 0 Å². The van der Waals surface area contributed by atoms with Crippen LogP contribution in [0.1, 0.15) is 344 Å². The monoisotopic (exact) mass is 1310 g/mol. The summed E-state index contributed by atoms with van der Waals surface area (Å²) >= 11 is 0. The topological polar surface area (TPSA) is 237 Å². The van der Waals surface area contributed by atoms with Gasteiger partial charge in [-0.25, -0.2) is 9.13 Å². The zero-order chi connectivity index (χ0) is 66.1. The highest BCUT2D eigenvalue weighted by Crippen LogP contribution is 2.45. The van der Waals surface area contributed by atoms with Gasteiger partial charge in [-0.3, -0.25) is 37.3 Å². The number of ether oxygens (including phenoxy) is 4. The molecule has 0 rings (SSSR count). The van der Waals surface area contributed by atoms with E-state index in [2.05, 4.69) is 55.4 Å². The van der Waals surface area contributed by atoms with Gasteiger partial charge in [-0.1, -0.05) is 293 Å². The first-order valence-corrected chi connectivity index (χ1v) is 39.2. The number of aliphatic hydroxyl groups is 1. The first-order valence-electron chi connectivity index (χ1n) is 36.2. The Morgan fingerprint density at radius 1 is 0.281 bits per heavy atom. The molecule has 0 spiro atoms. The highest BCUT2D eigenvalue weighted by atomic mass is 31.2. The van der Waals surface area contributed by atoms with Crippen LogP contribution >= 0.6 is 15.6 Å². The molecule has 0 radical (unpaired) electrons. The number of phosphoric acid groups is 2. The van der Waals surface area contributed by atoms with E-state index in [1.54, 1.807) is 0 Å². The second-order valence-corrected chi connectivity index (χ2v) is 30.1. The number of hydrogen-bond donors (Lipinski definition) is 3. The summed E-state index contributed by atoms with van der Waals surface area (Å²) in [5, 5.41) is 10.6. The number of hydrogen-bond acceptors (Lipinski definition) is 15. The Morgan fingerprint density at radius 3 is 0.697 bits per heavy atom. The minimum Gasteiger partial charge on any atom is -0.462 e. The van der Waals surface area contributed by atoms with E-state index in [9.17, 15) is 43.2 Å². The molecule has 0 aromatic heterocycles. The number of carbonyl (C=O) groups excluding carboxylic acids is 4. The molecule has 0 aromatic carbocycles. The molecule has 0 aliphatic carbocycles. The first kappa shape index (κ1) is 87.1. The van der Waals surface area contributed by atoms with Crippen molar-refractivity contribution in [1.82, 2.24) is 0 Å². The van der Waals surface area contributed by atoms with Crippen LogP contribution < -0.4 is 0 Å². The summed E-state index contributed by atoms with van der Waals surface area (Å²) in [5.41, 5.74) is 0. The van der Waals surface area contributed by atoms with Crippen LogP contribution in [0.25, 0.3) is 0 Å². The van der Waals surface area contributed by atoms with Crippen molar-refractivity contribution in [1.29, 1.82) is 0 Å². The minimum absolute atomic E-state index is 0.101. The number of carbonyl (C=O) groups is 4. The normalized spacial score (nSPS) is 14.3. The van der Waals surface area contributed by atoms with E-state index in [-0.39, 0.29) is 25.7 Å². The lowest BCUT2D eigenvalue weighted by atomic mass is 10.0. The van der Waals surface area contributed by atoms with Crippen molar-refractivity contribution in [2.45, 2.75) is 363 Å². The van der Waals surface area contributed by atoms with Crippen molar-refractivity contribution in [2.75, 3.05) is 39.6 Å². The molecule has 5 atom stereocenters. The standard InChI is InChI=1S/C70H136O17P2/c1-60(2)46-38-30-22-16-14-12-10-9-11-13-15-17-25-34-42-50-67(72)80-56-65(86-69(74)52-44-36-27-21-19-24-32-40-48-62(5)6)58-84-88(76,77)82-54-64(71)55-83-89(78,79)85-59-66(87-70(75)53-45-37-29-28-33-41-49-63(7)8)57-81-68(73)51-43-35-26-20-18-23-31-39-47-61(3)4/h60-66,71H,9-59H2,1-8H3,(H,76,77)(H,78,79)/t64?,65-,66-/m1/s1. The molecule has 528 valence electrons. The number of unbranched alkanes of at least 4 members (excludes halogenated alkanes) is 33. The van der Waals surface area contributed by atoms with Gasteiger partial charge in [0.2, 0.25) is 0 Å². The Kier molecular flexibility index (Phi) is 58.5. The maximum atomic E-state index is 13.0. The van der Waals surface area contributed by atoms with Gasteiger partial charge < -0.3 is 33.8 Å². The number of aliphatic hydroxyl groups excluding tert-OH is 1. The Bertz CT molecular complexity index is 1760. The fraction of sp³-hybridized carbons (Fsp3) is 0.943. The van der Waals surface area contributed by atoms with Gasteiger partial charge in [-0.05, 0) is 49.4 Å². The van der Waals surface area contributed by atoms with Crippen LogP contribution in [0, 0.1) is 23.7 Å². The second kappa shape index (κ2) is 59.8. The van der Waals surface area contributed by atoms with E-state index < -0.39 is 97.5 Å². The van der Waals surface area contributed by atoms with Crippen LogP contribution in [0.15, 0.2) is 0 Å². The molecule has 0 aliphatic rings. The largest absolute Gasteiger partial charge is 0.472 e. The third-order valence-electron chi connectivity index (χ3n) is 16.1. The Labute approximate surface area is 543 Å². The van der Waals surface area contributed by atoms with E-state index >= 15 is 0 Å². The number of phosphoric ester groups is 2. The molecule has 0 aromatic rings. The first-order chi connectivity index (χ1) is 42.6. The van der Waals surface area contributed by atoms with Gasteiger partial charge in [-0.15, -0.1) is 0 Å². The lowest BCUT2D eigenvalue weighted by molar-refractivity contribution is -0.161. The van der Waals surface area contributed by atoms with Crippen molar-refractivity contribution in [3.05, 3.63) is 0 Å². The molecule has 19 heteroatoms. The molecule has 0 heterocycles. The SMILES string of the molecule is CC(C)CCCCCCCCCCCCCCCCCC(=O)OC[C@H](COP(=O)(O)OCC(O)COP(=O)(O)OC[C@@H](COC(=O)CCCCCCCCCCC(C)C)OC(=O)CCCCCCCCC(C)C)OC(=O)CCCCCCCCCCC(C)C. The van der Waals surface area contributed by atoms with E-state index in [0.29, 0.717) is 31.6 Å². The number of rotatable bonds is 67. The molecule has 0 fully saturated rings. The molecular weight excluding hydrogens is 1170 g/mol. The van der Waals surface area contributed by atoms with Crippen LogP contribution in [-0.2, 0) is 65.4 Å². The van der Waals surface area contributed by atoms with Crippen LogP contribution in [-0.4, -0.2) is 96.7 Å². The van der Waals surface area contributed by atoms with E-state index in [1.165, 1.54) is 148 Å². The maximum absolute atomic E-state index is 13.0. The Balaban J connectivity index is 5.18. The summed E-state index contributed by atoms with van der Waals surface area (Å²) in [4.78, 5) is 72.4. The summed E-state index contributed by atoms with van der Waals surface area (Å²) in [6, 6.07) is 0. The Morgan fingerprint density at radius 2 is 0.472 bits per heavy atom. The van der Waals surface area contributed by atoms with Gasteiger partial charge >= 0.3 is 39.5 Å². The molecule has 0 bridgehead atoms. The summed E-state index contributed by atoms with van der Waals surface area (Å²) in [6.45, 7) is 14.0. The second-order valence-electron chi connectivity index (χ2n) is 27.2. The van der Waals surface area contributed by atoms with Gasteiger partial charge in [0.15, 0.2) is 12.2 Å². The van der Waals surface area contributed by atoms with E-state index in [4.69, 9.17) is 37.0 Å². The third kappa shape index (κ3) is 64.6. The fourth-order valence-corrected chi connectivity index (χ4v) is 12.1. The van der Waals surface area contributed by atoms with Gasteiger partial charge in [0, 0.05) is 25.7 Å². The number of esters is 4. The van der Waals surface area contributed by atoms with E-state index in [1.807, 2.05) is 0 Å². The smallest absolute Gasteiger partial charge is 0.462 e. The van der Waals surface area contributed by atoms with Crippen LogP contribution in [0.4, 0.5) is 0 Å². The lowest BCUT2D eigenvalue weighted by Gasteiger charge is -2.21. The van der Waals surface area contributed by atoms with Crippen LogP contribution in [0.2, 0.25) is 0 Å². The molecule has 3 unspecified atom stereocenters. The fourth-order valence-electron chi connectivity index (χ4n) is 10.5. The zero-order valence-electron chi connectivity index (χ0n) is 58.1. The van der Waals surface area contributed by atoms with Crippen molar-refractivity contribution in [3.8, 4) is 0 Å². The van der Waals surface area contributed by atoms with Crippen LogP contribution in [0.3, 0.4) is 0 Å². The van der Waals surface area contributed by atoms with Gasteiger partial charge in [0.1, 0.15) is 19.3 Å². The Hall–Kier alpha value is -1.94. The average Bonchev–Trinajstić information content (AvgIpc) is 3.55. The molecule has 17 nitrogen and oxygen atoms in total. The molecule has 0 saturated carbocycles. The molecule has 0 saturated heterocycles. The third-order valence-corrected chi connectivity index (χ3v) is 18.0. The van der Waals surface area contributed by atoms with Gasteiger partial charge in [0.05, 0.1) is 26.4 Å². The summed E-state index contributed by atoms with van der Waals surface area (Å²) in [7, 11) is -9.90. The van der Waals surface area contributed by atoms with Gasteiger partial charge in [0.25, 0.3) is 0 Å². The van der Waals surface area contributed by atoms with Crippen molar-refractivity contribution in [2.24, 2.45) is 23.7 Å². The predicted octanol–water partition coefficient (Wildman–Crippen LogP) is 19.7. The zero-order valence-corrected chi connectivity index (χ0v) is 59.8. The molecule has 0 amide bonds. The lowest BCUT2D eigenvalue weighted by Crippen LogP contribution is -2.30. The molecule has 3 N–H and O–H groups in total. The average molecular weight is 1310 g/mol. The maximum Gasteiger partial charge on any atom is 0.472 e. The molecule has 89 heavy (non-hydrogen) atoms. The summed E-state index contributed by atoms with van der Waals surface area (Å²) in [6.07, 6.45) is 42.0. The highest BCUT2D eigenvalue weighted by Gasteiger charge is 2.30. The van der Waals surface area contributed by atoms with Crippen molar-refractivity contribution in [3.63, 3.8) is 0 Å². The summed E-state index contributed by atoms with van der Waals surface area (Å²) in [5.74, 6) is 0.785. The van der Waals surface area contributed by atoms with Gasteiger partial charge in [-0.2, -0.15) is 0 Å². The van der Waals surface area contributed by atoms with Crippen molar-refractivity contribution < 1.29 is 80.2 Å². The highest BCUT2D eigenvalue weighted by molar-refractivity contribution is 7.47. The van der Waals surface area contributed by atoms with Crippen molar-refractivity contribution >= 4 is 39.5 Å².